The Labute approximate surface area is 221 Å². The summed E-state index contributed by atoms with van der Waals surface area (Å²) in [5, 5.41) is 2.70. The fourth-order valence-electron chi connectivity index (χ4n) is 3.88. The molecule has 3 aromatic rings. The molecule has 3 rings (SSSR count). The number of anilines is 1. The maximum Gasteiger partial charge on any atom is 0.264 e. The second kappa shape index (κ2) is 12.2. The van der Waals surface area contributed by atoms with Crippen LogP contribution in [0, 0.1) is 12.7 Å². The van der Waals surface area contributed by atoms with Gasteiger partial charge in [-0.25, -0.2) is 12.8 Å². The van der Waals surface area contributed by atoms with Gasteiger partial charge in [-0.15, -0.1) is 0 Å². The molecular weight excluding hydrogens is 517 g/mol. The van der Waals surface area contributed by atoms with Gasteiger partial charge in [-0.2, -0.15) is 0 Å². The van der Waals surface area contributed by atoms with E-state index in [1.54, 1.807) is 31.2 Å². The number of nitrogens with zero attached hydrogens (tertiary/aromatic N) is 2. The number of sulfonamides is 1. The van der Waals surface area contributed by atoms with Gasteiger partial charge in [0.2, 0.25) is 11.8 Å². The summed E-state index contributed by atoms with van der Waals surface area (Å²) in [5.74, 6) is -1.45. The van der Waals surface area contributed by atoms with E-state index in [1.165, 1.54) is 60.5 Å². The average molecular weight is 546 g/mol. The van der Waals surface area contributed by atoms with Crippen LogP contribution in [0.15, 0.2) is 77.7 Å². The number of hydrogen-bond acceptors (Lipinski definition) is 4. The highest BCUT2D eigenvalue weighted by atomic mass is 35.5. The number of likely N-dealkylation sites (N-methyl/N-ethyl adjacent to an activating group) is 1. The Morgan fingerprint density at radius 2 is 1.62 bits per heavy atom. The van der Waals surface area contributed by atoms with Gasteiger partial charge in [0.25, 0.3) is 10.0 Å². The fraction of sp³-hybridized carbons (Fsp3) is 0.259. The lowest BCUT2D eigenvalue weighted by Crippen LogP contribution is -2.51. The van der Waals surface area contributed by atoms with E-state index in [2.05, 4.69) is 5.32 Å². The van der Waals surface area contributed by atoms with Crippen LogP contribution in [0.4, 0.5) is 10.1 Å². The van der Waals surface area contributed by atoms with E-state index in [1.807, 2.05) is 6.92 Å². The Bertz CT molecular complexity index is 1350. The molecule has 0 aromatic heterocycles. The number of para-hydroxylation sites is 1. The lowest BCUT2D eigenvalue weighted by molar-refractivity contribution is -0.140. The summed E-state index contributed by atoms with van der Waals surface area (Å²) in [7, 11) is -2.75. The average Bonchev–Trinajstić information content (AvgIpc) is 2.88. The maximum atomic E-state index is 13.8. The van der Waals surface area contributed by atoms with Crippen LogP contribution >= 0.6 is 11.6 Å². The zero-order chi connectivity index (χ0) is 27.2. The molecule has 0 radical (unpaired) electrons. The lowest BCUT2D eigenvalue weighted by atomic mass is 10.1. The first-order valence-corrected chi connectivity index (χ1v) is 13.5. The van der Waals surface area contributed by atoms with Crippen molar-refractivity contribution in [1.29, 1.82) is 0 Å². The molecule has 0 heterocycles. The predicted octanol–water partition coefficient (Wildman–Crippen LogP) is 4.54. The molecule has 0 saturated carbocycles. The van der Waals surface area contributed by atoms with Crippen LogP contribution in [0.1, 0.15) is 24.5 Å². The van der Waals surface area contributed by atoms with Gasteiger partial charge in [0.15, 0.2) is 0 Å². The van der Waals surface area contributed by atoms with E-state index in [0.29, 0.717) is 5.56 Å². The van der Waals surface area contributed by atoms with Crippen molar-refractivity contribution in [2.45, 2.75) is 37.8 Å². The molecule has 0 fully saturated rings. The maximum absolute atomic E-state index is 13.8. The number of carbonyl (C=O) groups is 2. The van der Waals surface area contributed by atoms with Gasteiger partial charge >= 0.3 is 0 Å². The monoisotopic (exact) mass is 545 g/mol. The second-order valence-electron chi connectivity index (χ2n) is 8.46. The number of nitrogens with one attached hydrogen (secondary N) is 1. The van der Waals surface area contributed by atoms with Crippen LogP contribution in [-0.2, 0) is 26.2 Å². The molecule has 37 heavy (non-hydrogen) atoms. The van der Waals surface area contributed by atoms with Crippen LogP contribution in [0.3, 0.4) is 0 Å². The van der Waals surface area contributed by atoms with Crippen molar-refractivity contribution in [2.75, 3.05) is 17.9 Å². The molecule has 0 bridgehead atoms. The molecule has 1 N–H and O–H groups in total. The number of aryl methyl sites for hydroxylation is 1. The molecule has 0 unspecified atom stereocenters. The molecule has 7 nitrogen and oxygen atoms in total. The highest BCUT2D eigenvalue weighted by Crippen LogP contribution is 2.31. The van der Waals surface area contributed by atoms with Gasteiger partial charge in [-0.1, -0.05) is 60.5 Å². The molecule has 10 heteroatoms. The number of benzene rings is 3. The first kappa shape index (κ1) is 28.1. The molecule has 1 atom stereocenters. The zero-order valence-corrected chi connectivity index (χ0v) is 22.4. The molecular formula is C27H29ClFN3O4S. The number of halogens is 2. The highest BCUT2D eigenvalue weighted by Gasteiger charge is 2.34. The van der Waals surface area contributed by atoms with E-state index in [4.69, 9.17) is 11.6 Å². The minimum Gasteiger partial charge on any atom is -0.357 e. The van der Waals surface area contributed by atoms with E-state index < -0.39 is 40.2 Å². The fourth-order valence-corrected chi connectivity index (χ4v) is 5.60. The molecule has 0 saturated heterocycles. The lowest BCUT2D eigenvalue weighted by Gasteiger charge is -2.33. The van der Waals surface area contributed by atoms with E-state index in [0.717, 1.165) is 9.87 Å². The summed E-state index contributed by atoms with van der Waals surface area (Å²) in [6.45, 7) is 2.96. The van der Waals surface area contributed by atoms with Crippen molar-refractivity contribution in [2.24, 2.45) is 0 Å². The molecule has 0 aliphatic carbocycles. The van der Waals surface area contributed by atoms with E-state index in [9.17, 15) is 22.4 Å². The second-order valence-corrected chi connectivity index (χ2v) is 10.7. The third-order valence-corrected chi connectivity index (χ3v) is 8.00. The van der Waals surface area contributed by atoms with Crippen LogP contribution in [-0.4, -0.2) is 44.8 Å². The number of carbonyl (C=O) groups excluding carboxylic acids is 2. The standard InChI is InChI=1S/C27H29ClFN3O4S/c1-4-24(27(34)30-3)31(17-20-11-13-21(29)14-12-20)26(33)18-32(25-8-6-5-7-23(25)28)37(35,36)22-15-9-19(2)10-16-22/h5-16,24H,4,17-18H2,1-3H3,(H,30,34)/t24-/m1/s1. The zero-order valence-electron chi connectivity index (χ0n) is 20.8. The Morgan fingerprint density at radius 1 is 1.00 bits per heavy atom. The van der Waals surface area contributed by atoms with Crippen molar-refractivity contribution >= 4 is 39.1 Å². The number of rotatable bonds is 10. The van der Waals surface area contributed by atoms with E-state index in [-0.39, 0.29) is 28.6 Å². The van der Waals surface area contributed by atoms with E-state index >= 15 is 0 Å². The molecule has 3 aromatic carbocycles. The largest absolute Gasteiger partial charge is 0.357 e. The van der Waals surface area contributed by atoms with Crippen molar-refractivity contribution in [3.05, 3.63) is 94.8 Å². The molecule has 0 aliphatic heterocycles. The van der Waals surface area contributed by atoms with Crippen LogP contribution in [0.25, 0.3) is 0 Å². The highest BCUT2D eigenvalue weighted by molar-refractivity contribution is 7.92. The summed E-state index contributed by atoms with van der Waals surface area (Å²) in [6.07, 6.45) is 0.281. The van der Waals surface area contributed by atoms with Gasteiger partial charge in [-0.3, -0.25) is 13.9 Å². The topological polar surface area (TPSA) is 86.8 Å². The minimum atomic E-state index is -4.21. The van der Waals surface area contributed by atoms with Gasteiger partial charge in [0, 0.05) is 13.6 Å². The summed E-state index contributed by atoms with van der Waals surface area (Å²) >= 11 is 6.38. The Kier molecular flexibility index (Phi) is 9.29. The first-order chi connectivity index (χ1) is 17.6. The Morgan fingerprint density at radius 3 is 2.19 bits per heavy atom. The molecule has 196 valence electrons. The van der Waals surface area contributed by atoms with Gasteiger partial charge in [0.05, 0.1) is 15.6 Å². The van der Waals surface area contributed by atoms with Crippen LogP contribution < -0.4 is 9.62 Å². The molecule has 0 aliphatic rings. The number of amides is 2. The summed E-state index contributed by atoms with van der Waals surface area (Å²) in [5.41, 5.74) is 1.59. The minimum absolute atomic E-state index is 0.00533. The smallest absolute Gasteiger partial charge is 0.264 e. The van der Waals surface area contributed by atoms with Gasteiger partial charge in [-0.05, 0) is 55.3 Å². The van der Waals surface area contributed by atoms with Crippen molar-refractivity contribution in [3.8, 4) is 0 Å². The summed E-state index contributed by atoms with van der Waals surface area (Å²) in [4.78, 5) is 27.8. The predicted molar refractivity (Wildman–Crippen MR) is 142 cm³/mol. The molecule has 0 spiro atoms. The van der Waals surface area contributed by atoms with Crippen LogP contribution in [0.2, 0.25) is 5.02 Å². The quantitative estimate of drug-likeness (QED) is 0.405. The van der Waals surface area contributed by atoms with Gasteiger partial charge in [0.1, 0.15) is 18.4 Å². The normalized spacial score (nSPS) is 12.0. The summed E-state index contributed by atoms with van der Waals surface area (Å²) in [6, 6.07) is 17.3. The third-order valence-electron chi connectivity index (χ3n) is 5.91. The van der Waals surface area contributed by atoms with Crippen molar-refractivity contribution in [1.82, 2.24) is 10.2 Å². The van der Waals surface area contributed by atoms with Gasteiger partial charge < -0.3 is 10.2 Å². The summed E-state index contributed by atoms with van der Waals surface area (Å²) < 4.78 is 41.9. The van der Waals surface area contributed by atoms with Crippen molar-refractivity contribution in [3.63, 3.8) is 0 Å². The SMILES string of the molecule is CC[C@H](C(=O)NC)N(Cc1ccc(F)cc1)C(=O)CN(c1ccccc1Cl)S(=O)(=O)c1ccc(C)cc1. The first-order valence-electron chi connectivity index (χ1n) is 11.7. The molecule has 2 amide bonds. The van der Waals surface area contributed by atoms with Crippen LogP contribution in [0.5, 0.6) is 0 Å². The van der Waals surface area contributed by atoms with Crippen molar-refractivity contribution < 1.29 is 22.4 Å². The third kappa shape index (κ3) is 6.67. The Hall–Kier alpha value is -3.43. The Balaban J connectivity index is 2.06. The number of hydrogen-bond donors (Lipinski definition) is 1.